The fraction of sp³-hybridized carbons (Fsp3) is 0.875. The highest BCUT2D eigenvalue weighted by Gasteiger charge is 2.09. The summed E-state index contributed by atoms with van der Waals surface area (Å²) in [5.74, 6) is -0.193. The first-order valence-electron chi connectivity index (χ1n) is 7.96. The van der Waals surface area contributed by atoms with Crippen LogP contribution in [0.2, 0.25) is 0 Å². The molecule has 0 fully saturated rings. The molecular weight excluding hydrogens is 256 g/mol. The standard InChI is InChI=1S/C16H30O4/c1-4-5-6-9-12-15(17)19-20-16(18)13-10-7-8-11-14(2)3/h14H,4-13H2,1-3H3. The summed E-state index contributed by atoms with van der Waals surface area (Å²) in [6.45, 7) is 6.49. The van der Waals surface area contributed by atoms with Crippen LogP contribution in [0, 0.1) is 5.92 Å². The van der Waals surface area contributed by atoms with Gasteiger partial charge in [-0.1, -0.05) is 59.3 Å². The summed E-state index contributed by atoms with van der Waals surface area (Å²) in [6.07, 6.45) is 8.80. The summed E-state index contributed by atoms with van der Waals surface area (Å²) in [5.41, 5.74) is 0. The van der Waals surface area contributed by atoms with Gasteiger partial charge in [0.2, 0.25) is 0 Å². The normalized spacial score (nSPS) is 10.6. The van der Waals surface area contributed by atoms with Gasteiger partial charge < -0.3 is 0 Å². The number of rotatable bonds is 11. The van der Waals surface area contributed by atoms with E-state index in [2.05, 4.69) is 30.5 Å². The molecule has 0 atom stereocenters. The Morgan fingerprint density at radius 3 is 1.75 bits per heavy atom. The topological polar surface area (TPSA) is 52.6 Å². The van der Waals surface area contributed by atoms with Crippen LogP contribution in [-0.2, 0) is 19.4 Å². The van der Waals surface area contributed by atoms with Gasteiger partial charge in [0.25, 0.3) is 0 Å². The molecule has 4 heteroatoms. The Hall–Kier alpha value is -1.06. The average Bonchev–Trinajstić information content (AvgIpc) is 2.40. The molecule has 0 bridgehead atoms. The molecule has 0 aliphatic heterocycles. The third-order valence-corrected chi connectivity index (χ3v) is 3.12. The lowest BCUT2D eigenvalue weighted by Gasteiger charge is -2.04. The zero-order valence-corrected chi connectivity index (χ0v) is 13.3. The molecule has 0 spiro atoms. The molecule has 0 unspecified atom stereocenters. The molecule has 0 rings (SSSR count). The number of hydrogen-bond acceptors (Lipinski definition) is 4. The Kier molecular flexibility index (Phi) is 12.3. The fourth-order valence-corrected chi connectivity index (χ4v) is 1.87. The third-order valence-electron chi connectivity index (χ3n) is 3.12. The molecule has 0 heterocycles. The summed E-state index contributed by atoms with van der Waals surface area (Å²) in [7, 11) is 0. The van der Waals surface area contributed by atoms with E-state index in [4.69, 9.17) is 0 Å². The van der Waals surface area contributed by atoms with E-state index in [0.29, 0.717) is 18.8 Å². The van der Waals surface area contributed by atoms with Crippen molar-refractivity contribution in [1.82, 2.24) is 0 Å². The fourth-order valence-electron chi connectivity index (χ4n) is 1.87. The number of carbonyl (C=O) groups is 2. The van der Waals surface area contributed by atoms with E-state index in [9.17, 15) is 9.59 Å². The van der Waals surface area contributed by atoms with Gasteiger partial charge in [0.1, 0.15) is 0 Å². The van der Waals surface area contributed by atoms with E-state index in [0.717, 1.165) is 44.9 Å². The Bertz CT molecular complexity index is 261. The van der Waals surface area contributed by atoms with E-state index < -0.39 is 11.9 Å². The highest BCUT2D eigenvalue weighted by molar-refractivity contribution is 5.72. The van der Waals surface area contributed by atoms with Crippen molar-refractivity contribution in [3.63, 3.8) is 0 Å². The van der Waals surface area contributed by atoms with Crippen LogP contribution in [0.4, 0.5) is 0 Å². The van der Waals surface area contributed by atoms with Crippen LogP contribution >= 0.6 is 0 Å². The van der Waals surface area contributed by atoms with Gasteiger partial charge in [-0.05, 0) is 18.8 Å². The minimum absolute atomic E-state index is 0.321. The van der Waals surface area contributed by atoms with E-state index in [-0.39, 0.29) is 0 Å². The zero-order valence-electron chi connectivity index (χ0n) is 13.3. The van der Waals surface area contributed by atoms with Gasteiger partial charge in [0.15, 0.2) is 0 Å². The zero-order chi connectivity index (χ0) is 15.2. The number of unbranched alkanes of at least 4 members (excludes halogenated alkanes) is 5. The van der Waals surface area contributed by atoms with Gasteiger partial charge >= 0.3 is 11.9 Å². The van der Waals surface area contributed by atoms with Crippen molar-refractivity contribution < 1.29 is 19.4 Å². The maximum absolute atomic E-state index is 11.3. The molecule has 0 radical (unpaired) electrons. The lowest BCUT2D eigenvalue weighted by Crippen LogP contribution is -2.11. The van der Waals surface area contributed by atoms with Crippen LogP contribution < -0.4 is 0 Å². The van der Waals surface area contributed by atoms with Crippen molar-refractivity contribution in [2.75, 3.05) is 0 Å². The van der Waals surface area contributed by atoms with Crippen LogP contribution in [0.1, 0.15) is 85.0 Å². The second-order valence-corrected chi connectivity index (χ2v) is 5.71. The molecule has 0 N–H and O–H groups in total. The Morgan fingerprint density at radius 2 is 1.30 bits per heavy atom. The summed E-state index contributed by atoms with van der Waals surface area (Å²) in [4.78, 5) is 31.6. The van der Waals surface area contributed by atoms with Gasteiger partial charge in [-0.15, -0.1) is 0 Å². The summed E-state index contributed by atoms with van der Waals surface area (Å²) >= 11 is 0. The van der Waals surface area contributed by atoms with E-state index in [1.165, 1.54) is 6.42 Å². The third kappa shape index (κ3) is 13.4. The Balaban J connectivity index is 3.41. The lowest BCUT2D eigenvalue weighted by molar-refractivity contribution is -0.259. The quantitative estimate of drug-likeness (QED) is 0.317. The van der Waals surface area contributed by atoms with Crippen molar-refractivity contribution in [2.24, 2.45) is 5.92 Å². The SMILES string of the molecule is CCCCCCC(=O)OOC(=O)CCCCCC(C)C. The average molecular weight is 286 g/mol. The van der Waals surface area contributed by atoms with Gasteiger partial charge in [-0.3, -0.25) is 0 Å². The molecule has 20 heavy (non-hydrogen) atoms. The van der Waals surface area contributed by atoms with Crippen LogP contribution in [0.25, 0.3) is 0 Å². The molecule has 0 amide bonds. The van der Waals surface area contributed by atoms with E-state index >= 15 is 0 Å². The van der Waals surface area contributed by atoms with Gasteiger partial charge in [-0.2, -0.15) is 0 Å². The Morgan fingerprint density at radius 1 is 0.800 bits per heavy atom. The molecular formula is C16H30O4. The minimum atomic E-state index is -0.450. The van der Waals surface area contributed by atoms with Crippen molar-refractivity contribution in [1.29, 1.82) is 0 Å². The van der Waals surface area contributed by atoms with Crippen molar-refractivity contribution in [3.8, 4) is 0 Å². The van der Waals surface area contributed by atoms with E-state index in [1.54, 1.807) is 0 Å². The number of carbonyl (C=O) groups excluding carboxylic acids is 2. The predicted octanol–water partition coefficient (Wildman–Crippen LogP) is 4.56. The van der Waals surface area contributed by atoms with Crippen molar-refractivity contribution in [3.05, 3.63) is 0 Å². The van der Waals surface area contributed by atoms with Crippen molar-refractivity contribution >= 4 is 11.9 Å². The summed E-state index contributed by atoms with van der Waals surface area (Å²) in [5, 5.41) is 0. The number of hydrogen-bond donors (Lipinski definition) is 0. The van der Waals surface area contributed by atoms with Crippen LogP contribution in [-0.4, -0.2) is 11.9 Å². The first-order chi connectivity index (χ1) is 9.56. The summed E-state index contributed by atoms with van der Waals surface area (Å²) < 4.78 is 0. The maximum atomic E-state index is 11.3. The molecule has 0 aromatic rings. The van der Waals surface area contributed by atoms with Crippen LogP contribution in [0.15, 0.2) is 0 Å². The molecule has 0 aromatic heterocycles. The molecule has 118 valence electrons. The predicted molar refractivity (Wildman–Crippen MR) is 78.9 cm³/mol. The molecule has 0 aliphatic rings. The first kappa shape index (κ1) is 18.9. The van der Waals surface area contributed by atoms with Gasteiger partial charge in [0, 0.05) is 0 Å². The Labute approximate surface area is 123 Å². The highest BCUT2D eigenvalue weighted by Crippen LogP contribution is 2.10. The van der Waals surface area contributed by atoms with Crippen LogP contribution in [0.5, 0.6) is 0 Å². The smallest absolute Gasteiger partial charge is 0.247 e. The molecule has 4 nitrogen and oxygen atoms in total. The maximum Gasteiger partial charge on any atom is 0.355 e. The second-order valence-electron chi connectivity index (χ2n) is 5.71. The molecule has 0 saturated carbocycles. The monoisotopic (exact) mass is 286 g/mol. The van der Waals surface area contributed by atoms with Crippen LogP contribution in [0.3, 0.4) is 0 Å². The minimum Gasteiger partial charge on any atom is -0.247 e. The lowest BCUT2D eigenvalue weighted by atomic mass is 10.0. The molecule has 0 aliphatic carbocycles. The largest absolute Gasteiger partial charge is 0.355 e. The van der Waals surface area contributed by atoms with E-state index in [1.807, 2.05) is 0 Å². The first-order valence-corrected chi connectivity index (χ1v) is 7.96. The molecule has 0 aromatic carbocycles. The second kappa shape index (κ2) is 12.9. The molecule has 0 saturated heterocycles. The van der Waals surface area contributed by atoms with Gasteiger partial charge in [-0.25, -0.2) is 19.4 Å². The highest BCUT2D eigenvalue weighted by atomic mass is 17.2. The summed E-state index contributed by atoms with van der Waals surface area (Å²) in [6, 6.07) is 0. The van der Waals surface area contributed by atoms with Crippen molar-refractivity contribution in [2.45, 2.75) is 85.0 Å². The van der Waals surface area contributed by atoms with Gasteiger partial charge in [0.05, 0.1) is 12.8 Å².